The second-order valence-electron chi connectivity index (χ2n) is 7.53. The van der Waals surface area contributed by atoms with Crippen molar-refractivity contribution < 1.29 is 4.74 Å². The molecule has 8 heteroatoms. The van der Waals surface area contributed by atoms with Crippen LogP contribution in [0.4, 0.5) is 0 Å². The van der Waals surface area contributed by atoms with Crippen LogP contribution in [0.1, 0.15) is 25.3 Å². The molecule has 2 heterocycles. The van der Waals surface area contributed by atoms with Gasteiger partial charge in [-0.3, -0.25) is 9.59 Å². The van der Waals surface area contributed by atoms with Crippen LogP contribution >= 0.6 is 11.6 Å². The van der Waals surface area contributed by atoms with Crippen LogP contribution in [0.15, 0.2) is 64.3 Å². The number of aromatic amines is 2. The lowest BCUT2D eigenvalue weighted by molar-refractivity contribution is 0.309. The van der Waals surface area contributed by atoms with Gasteiger partial charge in [-0.25, -0.2) is 4.68 Å². The summed E-state index contributed by atoms with van der Waals surface area (Å²) in [6.45, 7) is 6.35. The summed E-state index contributed by atoms with van der Waals surface area (Å²) >= 11 is 6.02. The number of hydrogen-bond acceptors (Lipinski definition) is 4. The fraction of sp³-hybridized carbons (Fsp3) is 0.160. The summed E-state index contributed by atoms with van der Waals surface area (Å²) in [6.07, 6.45) is 5.34. The largest absolute Gasteiger partial charge is 0.494 e. The minimum Gasteiger partial charge on any atom is -0.494 e. The number of hydrogen-bond donors (Lipinski definition) is 2. The number of H-pyrrole nitrogens is 2. The molecular formula is C25H23ClN4O3. The van der Waals surface area contributed by atoms with Crippen molar-refractivity contribution in [3.8, 4) is 22.7 Å². The maximum Gasteiger partial charge on any atom is 0.262 e. The van der Waals surface area contributed by atoms with Gasteiger partial charge in [-0.2, -0.15) is 5.10 Å². The monoisotopic (exact) mass is 462 g/mol. The molecule has 0 atom stereocenters. The van der Waals surface area contributed by atoms with E-state index in [4.69, 9.17) is 21.4 Å². The second kappa shape index (κ2) is 9.75. The molecule has 0 aliphatic rings. The van der Waals surface area contributed by atoms with Gasteiger partial charge in [0.25, 0.3) is 11.1 Å². The lowest BCUT2D eigenvalue weighted by Crippen LogP contribution is -2.47. The highest BCUT2D eigenvalue weighted by Gasteiger charge is 2.12. The Hall–Kier alpha value is -3.84. The number of nitrogens with one attached hydrogen (secondary N) is 2. The number of halogens is 1. The third-order valence-electron chi connectivity index (χ3n) is 5.05. The molecule has 0 unspecified atom stereocenters. The van der Waals surface area contributed by atoms with Crippen molar-refractivity contribution in [3.63, 3.8) is 0 Å². The minimum atomic E-state index is -0.520. The summed E-state index contributed by atoms with van der Waals surface area (Å²) in [5.74, 6) is 0.772. The lowest BCUT2D eigenvalue weighted by Gasteiger charge is -2.06. The maximum absolute atomic E-state index is 12.4. The van der Waals surface area contributed by atoms with Gasteiger partial charge in [0.1, 0.15) is 16.4 Å². The molecule has 0 aliphatic heterocycles. The second-order valence-corrected chi connectivity index (χ2v) is 7.96. The average Bonchev–Trinajstić information content (AvgIpc) is 3.21. The Balaban J connectivity index is 1.83. The fourth-order valence-electron chi connectivity index (χ4n) is 3.32. The number of ether oxygens (including phenoxy) is 1. The van der Waals surface area contributed by atoms with Crippen molar-refractivity contribution in [3.05, 3.63) is 96.7 Å². The summed E-state index contributed by atoms with van der Waals surface area (Å²) in [6, 6.07) is 14.8. The van der Waals surface area contributed by atoms with E-state index in [1.165, 1.54) is 6.08 Å². The van der Waals surface area contributed by atoms with Gasteiger partial charge in [-0.15, -0.1) is 0 Å². The molecule has 0 spiro atoms. The summed E-state index contributed by atoms with van der Waals surface area (Å²) < 4.78 is 7.43. The molecule has 0 bridgehead atoms. The summed E-state index contributed by atoms with van der Waals surface area (Å²) in [7, 11) is 0. The van der Waals surface area contributed by atoms with E-state index in [0.717, 1.165) is 29.8 Å². The van der Waals surface area contributed by atoms with Crippen LogP contribution in [0.25, 0.3) is 29.6 Å². The zero-order valence-electron chi connectivity index (χ0n) is 18.1. The van der Waals surface area contributed by atoms with E-state index in [0.29, 0.717) is 22.9 Å². The van der Waals surface area contributed by atoms with Crippen LogP contribution in [0.3, 0.4) is 0 Å². The van der Waals surface area contributed by atoms with Crippen LogP contribution in [-0.2, 0) is 0 Å². The molecule has 0 radical (unpaired) electrons. The van der Waals surface area contributed by atoms with E-state index in [1.807, 2.05) is 36.4 Å². The summed E-state index contributed by atoms with van der Waals surface area (Å²) in [5.41, 5.74) is 1.94. The molecule has 0 saturated heterocycles. The lowest BCUT2D eigenvalue weighted by atomic mass is 10.1. The number of nitrogens with zero attached hydrogens (tertiary/aromatic N) is 2. The number of aromatic nitrogens is 4. The Bertz CT molecular complexity index is 1450. The highest BCUT2D eigenvalue weighted by molar-refractivity contribution is 6.30. The molecule has 2 aromatic carbocycles. The van der Waals surface area contributed by atoms with Gasteiger partial charge >= 0.3 is 0 Å². The molecule has 7 nitrogen and oxygen atoms in total. The molecule has 4 aromatic rings. The van der Waals surface area contributed by atoms with Gasteiger partial charge in [0.2, 0.25) is 0 Å². The number of unbranched alkanes of at least 4 members (excludes halogenated alkanes) is 1. The Morgan fingerprint density at radius 1 is 1.06 bits per heavy atom. The smallest absolute Gasteiger partial charge is 0.262 e. The first-order valence-corrected chi connectivity index (χ1v) is 10.9. The van der Waals surface area contributed by atoms with Crippen molar-refractivity contribution in [2.75, 3.05) is 6.61 Å². The van der Waals surface area contributed by atoms with Crippen molar-refractivity contribution in [1.82, 2.24) is 19.7 Å². The van der Waals surface area contributed by atoms with Gasteiger partial charge in [-0.05, 0) is 61.0 Å². The Morgan fingerprint density at radius 2 is 1.73 bits per heavy atom. The molecule has 0 fully saturated rings. The van der Waals surface area contributed by atoms with Crippen molar-refractivity contribution in [1.29, 1.82) is 0 Å². The Morgan fingerprint density at radius 3 is 2.36 bits per heavy atom. The molecule has 33 heavy (non-hydrogen) atoms. The van der Waals surface area contributed by atoms with Gasteiger partial charge in [0, 0.05) is 22.3 Å². The Labute approximate surface area is 194 Å². The zero-order valence-corrected chi connectivity index (χ0v) is 18.9. The summed E-state index contributed by atoms with van der Waals surface area (Å²) in [4.78, 5) is 29.8. The molecule has 0 aliphatic carbocycles. The van der Waals surface area contributed by atoms with Gasteiger partial charge in [0.15, 0.2) is 0 Å². The number of benzene rings is 2. The first kappa shape index (κ1) is 22.4. The highest BCUT2D eigenvalue weighted by Crippen LogP contribution is 2.26. The van der Waals surface area contributed by atoms with Gasteiger partial charge in [-0.1, -0.05) is 31.5 Å². The van der Waals surface area contributed by atoms with Crippen LogP contribution in [0.2, 0.25) is 5.02 Å². The Kier molecular flexibility index (Phi) is 6.60. The maximum atomic E-state index is 12.4. The van der Waals surface area contributed by atoms with Gasteiger partial charge in [0.05, 0.1) is 18.0 Å². The molecule has 2 N–H and O–H groups in total. The topological polar surface area (TPSA) is 92.8 Å². The third-order valence-corrected chi connectivity index (χ3v) is 5.30. The molecule has 168 valence electrons. The van der Waals surface area contributed by atoms with Crippen molar-refractivity contribution in [2.45, 2.75) is 19.8 Å². The molecule has 0 saturated carbocycles. The van der Waals surface area contributed by atoms with E-state index in [9.17, 15) is 9.59 Å². The standard InChI is InChI=1S/C25H23ClN4O3/c1-3-4-13-33-21-11-5-17(6-12-21)23-18(14-22-24(31)27-16(2)28-25(22)32)15-30(29-23)20-9-7-19(26)8-10-20/h5-12,14-15H,2-4,13H2,1H3,(H,27,31)(H,28,32). The van der Waals surface area contributed by atoms with E-state index in [1.54, 1.807) is 23.0 Å². The molecule has 2 aromatic heterocycles. The van der Waals surface area contributed by atoms with E-state index >= 15 is 0 Å². The highest BCUT2D eigenvalue weighted by atomic mass is 35.5. The van der Waals surface area contributed by atoms with Crippen LogP contribution in [0.5, 0.6) is 5.75 Å². The van der Waals surface area contributed by atoms with E-state index in [2.05, 4.69) is 23.5 Å². The first-order chi connectivity index (χ1) is 15.9. The first-order valence-electron chi connectivity index (χ1n) is 10.6. The third kappa shape index (κ3) is 5.15. The van der Waals surface area contributed by atoms with Gasteiger partial charge < -0.3 is 14.7 Å². The quantitative estimate of drug-likeness (QED) is 0.413. The van der Waals surface area contributed by atoms with Crippen LogP contribution in [-0.4, -0.2) is 26.4 Å². The predicted molar refractivity (Wildman–Crippen MR) is 130 cm³/mol. The normalized spacial score (nSPS) is 10.8. The van der Waals surface area contributed by atoms with Crippen LogP contribution in [0, 0.1) is 0 Å². The van der Waals surface area contributed by atoms with Crippen LogP contribution < -0.4 is 26.6 Å². The number of rotatable bonds is 7. The minimum absolute atomic E-state index is 0.0289. The molecule has 4 rings (SSSR count). The fourth-order valence-corrected chi connectivity index (χ4v) is 3.44. The summed E-state index contributed by atoms with van der Waals surface area (Å²) in [5, 5.41) is 5.31. The van der Waals surface area contributed by atoms with E-state index in [-0.39, 0.29) is 10.7 Å². The molecule has 0 amide bonds. The van der Waals surface area contributed by atoms with Crippen molar-refractivity contribution >= 4 is 24.3 Å². The predicted octanol–water partition coefficient (Wildman–Crippen LogP) is 2.99. The van der Waals surface area contributed by atoms with Crippen molar-refractivity contribution in [2.24, 2.45) is 0 Å². The SMILES string of the molecule is C=c1[nH]c(=O)c(=Cc2cn(-c3ccc(Cl)cc3)nc2-c2ccc(OCCCC)cc2)c(=O)[nH]1. The zero-order chi connectivity index (χ0) is 23.4. The van der Waals surface area contributed by atoms with E-state index < -0.39 is 11.1 Å². The molecular weight excluding hydrogens is 440 g/mol. The average molecular weight is 463 g/mol.